The van der Waals surface area contributed by atoms with Gasteiger partial charge in [-0.3, -0.25) is 14.4 Å². The van der Waals surface area contributed by atoms with Crippen molar-refractivity contribution in [1.29, 1.82) is 0 Å². The van der Waals surface area contributed by atoms with E-state index in [2.05, 4.69) is 5.10 Å². The van der Waals surface area contributed by atoms with Gasteiger partial charge in [-0.2, -0.15) is 0 Å². The number of aromatic nitrogens is 2. The third-order valence-electron chi connectivity index (χ3n) is 4.66. The lowest BCUT2D eigenvalue weighted by Gasteiger charge is -2.18. The van der Waals surface area contributed by atoms with Crippen molar-refractivity contribution in [3.8, 4) is 17.0 Å². The summed E-state index contributed by atoms with van der Waals surface area (Å²) >= 11 is 6.10. The molecule has 7 nitrogen and oxygen atoms in total. The number of Topliss-reactive ketones (excluding diaryl/α,β-unsaturated/α-hetero) is 1. The molecule has 3 aromatic rings. The Bertz CT molecular complexity index is 1160. The SMILES string of the molecule is COc1nn(C(Cc2ccccc2)C(N)=O)c(=O)cc1-c1cc(Cl)ccc1C(C)=O. The Kier molecular flexibility index (Phi) is 6.32. The first-order chi connectivity index (χ1) is 14.3. The fourth-order valence-corrected chi connectivity index (χ4v) is 3.38. The third-order valence-corrected chi connectivity index (χ3v) is 4.90. The number of hydrogen-bond donors (Lipinski definition) is 1. The van der Waals surface area contributed by atoms with Crippen molar-refractivity contribution < 1.29 is 14.3 Å². The first-order valence-electron chi connectivity index (χ1n) is 9.13. The van der Waals surface area contributed by atoms with Gasteiger partial charge in [0.25, 0.3) is 5.56 Å². The summed E-state index contributed by atoms with van der Waals surface area (Å²) in [5.41, 5.74) is 6.93. The number of methoxy groups -OCH3 is 1. The van der Waals surface area contributed by atoms with Gasteiger partial charge in [-0.1, -0.05) is 41.9 Å². The molecule has 1 heterocycles. The number of nitrogens with two attached hydrogens (primary N) is 1. The van der Waals surface area contributed by atoms with Crippen LogP contribution in [0.25, 0.3) is 11.1 Å². The third kappa shape index (κ3) is 4.41. The molecular formula is C22H20ClN3O4. The molecule has 0 saturated carbocycles. The van der Waals surface area contributed by atoms with Crippen molar-refractivity contribution in [1.82, 2.24) is 9.78 Å². The normalized spacial score (nSPS) is 11.7. The minimum Gasteiger partial charge on any atom is -0.480 e. The van der Waals surface area contributed by atoms with Crippen molar-refractivity contribution in [2.75, 3.05) is 7.11 Å². The van der Waals surface area contributed by atoms with Gasteiger partial charge in [0, 0.05) is 23.1 Å². The van der Waals surface area contributed by atoms with Crippen LogP contribution in [0.3, 0.4) is 0 Å². The summed E-state index contributed by atoms with van der Waals surface area (Å²) in [7, 11) is 1.38. The number of amides is 1. The second-order valence-electron chi connectivity index (χ2n) is 6.70. The van der Waals surface area contributed by atoms with Gasteiger partial charge in [-0.25, -0.2) is 4.68 Å². The number of halogens is 1. The van der Waals surface area contributed by atoms with Gasteiger partial charge in [-0.15, -0.1) is 5.10 Å². The van der Waals surface area contributed by atoms with Gasteiger partial charge in [-0.05, 0) is 36.2 Å². The molecule has 2 aromatic carbocycles. The molecule has 1 atom stereocenters. The Labute approximate surface area is 178 Å². The largest absolute Gasteiger partial charge is 0.480 e. The second kappa shape index (κ2) is 8.92. The van der Waals surface area contributed by atoms with Crippen molar-refractivity contribution in [3.63, 3.8) is 0 Å². The maximum Gasteiger partial charge on any atom is 0.268 e. The molecule has 1 unspecified atom stereocenters. The van der Waals surface area contributed by atoms with Gasteiger partial charge in [0.05, 0.1) is 12.7 Å². The summed E-state index contributed by atoms with van der Waals surface area (Å²) < 4.78 is 6.38. The molecule has 0 saturated heterocycles. The highest BCUT2D eigenvalue weighted by atomic mass is 35.5. The molecule has 0 spiro atoms. The van der Waals surface area contributed by atoms with Crippen LogP contribution in [0.15, 0.2) is 59.4 Å². The summed E-state index contributed by atoms with van der Waals surface area (Å²) in [5, 5.41) is 4.63. The summed E-state index contributed by atoms with van der Waals surface area (Å²) in [6, 6.07) is 14.2. The van der Waals surface area contributed by atoms with E-state index >= 15 is 0 Å². The molecule has 30 heavy (non-hydrogen) atoms. The summed E-state index contributed by atoms with van der Waals surface area (Å²) in [4.78, 5) is 37.1. The maximum atomic E-state index is 12.9. The average molecular weight is 426 g/mol. The zero-order chi connectivity index (χ0) is 21.8. The number of carbonyl (C=O) groups excluding carboxylic acids is 2. The van der Waals surface area contributed by atoms with Crippen LogP contribution in [0.5, 0.6) is 5.88 Å². The zero-order valence-corrected chi connectivity index (χ0v) is 17.2. The molecular weight excluding hydrogens is 406 g/mol. The van der Waals surface area contributed by atoms with Gasteiger partial charge < -0.3 is 10.5 Å². The lowest BCUT2D eigenvalue weighted by molar-refractivity contribution is -0.121. The number of hydrogen-bond acceptors (Lipinski definition) is 5. The van der Waals surface area contributed by atoms with E-state index in [1.807, 2.05) is 30.3 Å². The van der Waals surface area contributed by atoms with Crippen molar-refractivity contribution in [2.24, 2.45) is 5.73 Å². The quantitative estimate of drug-likeness (QED) is 0.586. The number of rotatable bonds is 7. The maximum absolute atomic E-state index is 12.9. The van der Waals surface area contributed by atoms with E-state index in [1.165, 1.54) is 20.1 Å². The standard InChI is InChI=1S/C22H20ClN3O4/c1-13(27)16-9-8-15(23)11-17(16)18-12-20(28)26(25-22(18)30-2)19(21(24)29)10-14-6-4-3-5-7-14/h3-9,11-12,19H,10H2,1-2H3,(H2,24,29). The molecule has 2 N–H and O–H groups in total. The molecule has 0 fully saturated rings. The average Bonchev–Trinajstić information content (AvgIpc) is 2.72. The molecule has 3 rings (SSSR count). The molecule has 0 bridgehead atoms. The van der Waals surface area contributed by atoms with Crippen LogP contribution in [-0.4, -0.2) is 28.6 Å². The van der Waals surface area contributed by atoms with Crippen molar-refractivity contribution >= 4 is 23.3 Å². The molecule has 0 aliphatic rings. The Morgan fingerprint density at radius 3 is 2.43 bits per heavy atom. The second-order valence-corrected chi connectivity index (χ2v) is 7.14. The van der Waals surface area contributed by atoms with E-state index in [1.54, 1.807) is 18.2 Å². The number of ketones is 1. The lowest BCUT2D eigenvalue weighted by atomic mass is 9.98. The lowest BCUT2D eigenvalue weighted by Crippen LogP contribution is -2.37. The molecule has 0 radical (unpaired) electrons. The number of ether oxygens (including phenoxy) is 1. The summed E-state index contributed by atoms with van der Waals surface area (Å²) in [5.74, 6) is -0.832. The molecule has 0 aliphatic heterocycles. The monoisotopic (exact) mass is 425 g/mol. The first kappa shape index (κ1) is 21.3. The summed E-state index contributed by atoms with van der Waals surface area (Å²) in [6.07, 6.45) is 0.196. The van der Waals surface area contributed by atoms with Crippen LogP contribution in [0, 0.1) is 0 Å². The molecule has 8 heteroatoms. The van der Waals surface area contributed by atoms with Crippen LogP contribution in [0.2, 0.25) is 5.02 Å². The van der Waals surface area contributed by atoms with Crippen LogP contribution in [-0.2, 0) is 11.2 Å². The number of benzene rings is 2. The number of carbonyl (C=O) groups is 2. The summed E-state index contributed by atoms with van der Waals surface area (Å²) in [6.45, 7) is 1.41. The van der Waals surface area contributed by atoms with Gasteiger partial charge in [0.2, 0.25) is 11.8 Å². The Morgan fingerprint density at radius 1 is 1.13 bits per heavy atom. The number of nitrogens with zero attached hydrogens (tertiary/aromatic N) is 2. The Hall–Kier alpha value is -3.45. The Morgan fingerprint density at radius 2 is 1.83 bits per heavy atom. The van der Waals surface area contributed by atoms with E-state index < -0.39 is 17.5 Å². The van der Waals surface area contributed by atoms with Crippen LogP contribution >= 0.6 is 11.6 Å². The fourth-order valence-electron chi connectivity index (χ4n) is 3.21. The minimum absolute atomic E-state index is 0.0682. The van der Waals surface area contributed by atoms with E-state index in [9.17, 15) is 14.4 Å². The van der Waals surface area contributed by atoms with E-state index in [4.69, 9.17) is 22.1 Å². The van der Waals surface area contributed by atoms with Crippen molar-refractivity contribution in [3.05, 3.63) is 81.1 Å². The highest BCUT2D eigenvalue weighted by Gasteiger charge is 2.24. The molecule has 1 amide bonds. The highest BCUT2D eigenvalue weighted by molar-refractivity contribution is 6.31. The number of primary amides is 1. The first-order valence-corrected chi connectivity index (χ1v) is 9.51. The fraction of sp³-hybridized carbons (Fsp3) is 0.182. The van der Waals surface area contributed by atoms with Crippen LogP contribution in [0.1, 0.15) is 28.9 Å². The smallest absolute Gasteiger partial charge is 0.268 e. The molecule has 0 aliphatic carbocycles. The minimum atomic E-state index is -1.01. The van der Waals surface area contributed by atoms with Crippen molar-refractivity contribution in [2.45, 2.75) is 19.4 Å². The van der Waals surface area contributed by atoms with E-state index in [0.717, 1.165) is 10.2 Å². The Balaban J connectivity index is 2.15. The highest BCUT2D eigenvalue weighted by Crippen LogP contribution is 2.32. The van der Waals surface area contributed by atoms with Crippen LogP contribution < -0.4 is 16.0 Å². The molecule has 1 aromatic heterocycles. The van der Waals surface area contributed by atoms with E-state index in [0.29, 0.717) is 21.7 Å². The zero-order valence-electron chi connectivity index (χ0n) is 16.5. The van der Waals surface area contributed by atoms with E-state index in [-0.39, 0.29) is 18.1 Å². The topological polar surface area (TPSA) is 104 Å². The van der Waals surface area contributed by atoms with Gasteiger partial charge >= 0.3 is 0 Å². The molecule has 154 valence electrons. The predicted molar refractivity (Wildman–Crippen MR) is 114 cm³/mol. The predicted octanol–water partition coefficient (Wildman–Crippen LogP) is 3.04. The van der Waals surface area contributed by atoms with Gasteiger partial charge in [0.15, 0.2) is 5.78 Å². The van der Waals surface area contributed by atoms with Gasteiger partial charge in [0.1, 0.15) is 6.04 Å². The van der Waals surface area contributed by atoms with Crippen LogP contribution in [0.4, 0.5) is 0 Å².